The molecule has 2 fully saturated rings. The number of likely N-dealkylation sites (tertiary alicyclic amines) is 1. The normalized spacial score (nSPS) is 25.5. The summed E-state index contributed by atoms with van der Waals surface area (Å²) >= 11 is 0. The van der Waals surface area contributed by atoms with Gasteiger partial charge in [0.2, 0.25) is 5.91 Å². The Hall–Kier alpha value is -1.43. The Balaban J connectivity index is 1.75. The third-order valence-electron chi connectivity index (χ3n) is 6.63. The fourth-order valence-corrected chi connectivity index (χ4v) is 4.75. The molecule has 5 heteroatoms. The molecule has 1 amide bonds. The molecule has 1 aromatic carbocycles. The topological polar surface area (TPSA) is 42.0 Å². The minimum atomic E-state index is -0.524. The Kier molecular flexibility index (Phi) is 6.56. The Morgan fingerprint density at radius 3 is 2.52 bits per heavy atom. The number of methoxy groups -OCH3 is 2. The monoisotopic (exact) mass is 374 g/mol. The third kappa shape index (κ3) is 4.36. The van der Waals surface area contributed by atoms with Crippen molar-refractivity contribution in [2.24, 2.45) is 0 Å². The van der Waals surface area contributed by atoms with E-state index in [0.29, 0.717) is 6.42 Å². The second kappa shape index (κ2) is 8.72. The summed E-state index contributed by atoms with van der Waals surface area (Å²) in [6.07, 6.45) is 5.46. The summed E-state index contributed by atoms with van der Waals surface area (Å²) < 4.78 is 11.5. The Morgan fingerprint density at radius 2 is 1.89 bits per heavy atom. The highest BCUT2D eigenvalue weighted by Gasteiger charge is 2.46. The van der Waals surface area contributed by atoms with Crippen molar-refractivity contribution in [3.05, 3.63) is 35.4 Å². The maximum atomic E-state index is 13.1. The van der Waals surface area contributed by atoms with Crippen LogP contribution in [-0.4, -0.2) is 67.9 Å². The Morgan fingerprint density at radius 1 is 1.22 bits per heavy atom. The predicted octanol–water partition coefficient (Wildman–Crippen LogP) is 3.00. The van der Waals surface area contributed by atoms with Gasteiger partial charge in [0.25, 0.3) is 0 Å². The van der Waals surface area contributed by atoms with Crippen LogP contribution in [-0.2, 0) is 20.7 Å². The van der Waals surface area contributed by atoms with Gasteiger partial charge in [-0.05, 0) is 50.4 Å². The average molecular weight is 375 g/mol. The van der Waals surface area contributed by atoms with Crippen molar-refractivity contribution in [3.8, 4) is 0 Å². The summed E-state index contributed by atoms with van der Waals surface area (Å²) in [4.78, 5) is 17.6. The number of carbonyl (C=O) groups excluding carboxylic acids is 1. The molecule has 1 saturated carbocycles. The Bertz CT molecular complexity index is 638. The van der Waals surface area contributed by atoms with Crippen LogP contribution >= 0.6 is 0 Å². The molecule has 0 aromatic heterocycles. The third-order valence-corrected chi connectivity index (χ3v) is 6.63. The van der Waals surface area contributed by atoms with Crippen molar-refractivity contribution in [1.82, 2.24) is 9.80 Å². The molecule has 1 aliphatic carbocycles. The van der Waals surface area contributed by atoms with E-state index in [-0.39, 0.29) is 18.0 Å². The maximum Gasteiger partial charge on any atom is 0.227 e. The quantitative estimate of drug-likeness (QED) is 0.718. The second-order valence-corrected chi connectivity index (χ2v) is 8.05. The first-order chi connectivity index (χ1) is 13.0. The van der Waals surface area contributed by atoms with E-state index in [2.05, 4.69) is 24.0 Å². The number of rotatable bonds is 6. The van der Waals surface area contributed by atoms with Crippen molar-refractivity contribution in [1.29, 1.82) is 0 Å². The molecule has 1 aliphatic heterocycles. The zero-order valence-electron chi connectivity index (χ0n) is 17.2. The van der Waals surface area contributed by atoms with Gasteiger partial charge in [-0.2, -0.15) is 0 Å². The highest BCUT2D eigenvalue weighted by atomic mass is 16.7. The molecule has 2 aliphatic rings. The first kappa shape index (κ1) is 20.3. The predicted molar refractivity (Wildman–Crippen MR) is 107 cm³/mol. The van der Waals surface area contributed by atoms with Crippen LogP contribution < -0.4 is 0 Å². The lowest BCUT2D eigenvalue weighted by Gasteiger charge is -2.48. The minimum absolute atomic E-state index is 0.195. The molecule has 1 heterocycles. The van der Waals surface area contributed by atoms with E-state index in [0.717, 1.165) is 37.9 Å². The lowest BCUT2D eigenvalue weighted by molar-refractivity contribution is -0.238. The summed E-state index contributed by atoms with van der Waals surface area (Å²) in [5.41, 5.74) is 2.29. The van der Waals surface area contributed by atoms with Crippen molar-refractivity contribution >= 4 is 5.91 Å². The van der Waals surface area contributed by atoms with Crippen LogP contribution in [0.25, 0.3) is 0 Å². The van der Waals surface area contributed by atoms with E-state index in [1.807, 2.05) is 24.1 Å². The summed E-state index contributed by atoms with van der Waals surface area (Å²) in [5.74, 6) is -0.329. The van der Waals surface area contributed by atoms with Crippen LogP contribution in [0.5, 0.6) is 0 Å². The number of benzene rings is 1. The molecule has 5 nitrogen and oxygen atoms in total. The molecule has 0 spiro atoms. The van der Waals surface area contributed by atoms with Crippen molar-refractivity contribution in [2.75, 3.05) is 34.4 Å². The first-order valence-corrected chi connectivity index (χ1v) is 10.1. The molecule has 0 radical (unpaired) electrons. The molecule has 150 valence electrons. The van der Waals surface area contributed by atoms with Gasteiger partial charge in [-0.25, -0.2) is 0 Å². The summed E-state index contributed by atoms with van der Waals surface area (Å²) in [7, 11) is 5.44. The number of aryl methyl sites for hydroxylation is 1. The van der Waals surface area contributed by atoms with Gasteiger partial charge in [0.05, 0.1) is 6.42 Å². The van der Waals surface area contributed by atoms with Gasteiger partial charge in [-0.15, -0.1) is 0 Å². The van der Waals surface area contributed by atoms with Crippen LogP contribution in [0.3, 0.4) is 0 Å². The SMILES string of the molecule is COC1(OC)CCC(N(C)C(=O)Cc2ccccc2C)C(N2CCCC2)C1. The molecule has 2 unspecified atom stereocenters. The molecular formula is C22H34N2O3. The Labute approximate surface area is 163 Å². The van der Waals surface area contributed by atoms with Crippen LogP contribution in [0.1, 0.15) is 43.2 Å². The molecular weight excluding hydrogens is 340 g/mol. The molecule has 0 N–H and O–H groups in total. The molecule has 0 bridgehead atoms. The van der Waals surface area contributed by atoms with Gasteiger partial charge in [0, 0.05) is 46.2 Å². The van der Waals surface area contributed by atoms with Gasteiger partial charge < -0.3 is 14.4 Å². The lowest BCUT2D eigenvalue weighted by Crippen LogP contribution is -2.59. The van der Waals surface area contributed by atoms with Gasteiger partial charge in [0.15, 0.2) is 5.79 Å². The second-order valence-electron chi connectivity index (χ2n) is 8.05. The van der Waals surface area contributed by atoms with Crippen LogP contribution in [0, 0.1) is 6.92 Å². The highest BCUT2D eigenvalue weighted by Crippen LogP contribution is 2.37. The average Bonchev–Trinajstić information content (AvgIpc) is 3.23. The molecule has 27 heavy (non-hydrogen) atoms. The van der Waals surface area contributed by atoms with Crippen LogP contribution in [0.2, 0.25) is 0 Å². The van der Waals surface area contributed by atoms with E-state index >= 15 is 0 Å². The molecule has 1 saturated heterocycles. The zero-order valence-corrected chi connectivity index (χ0v) is 17.2. The van der Waals surface area contributed by atoms with Crippen LogP contribution in [0.4, 0.5) is 0 Å². The van der Waals surface area contributed by atoms with E-state index < -0.39 is 5.79 Å². The van der Waals surface area contributed by atoms with E-state index in [1.54, 1.807) is 14.2 Å². The number of carbonyl (C=O) groups is 1. The number of amides is 1. The summed E-state index contributed by atoms with van der Waals surface area (Å²) in [6.45, 7) is 4.27. The van der Waals surface area contributed by atoms with Crippen molar-refractivity contribution < 1.29 is 14.3 Å². The minimum Gasteiger partial charge on any atom is -0.353 e. The smallest absolute Gasteiger partial charge is 0.227 e. The van der Waals surface area contributed by atoms with E-state index in [4.69, 9.17) is 9.47 Å². The standard InChI is InChI=1S/C22H34N2O3/c1-17-9-5-6-10-18(17)15-21(25)23(2)19-11-12-22(26-3,27-4)16-20(19)24-13-7-8-14-24/h5-6,9-10,19-20H,7-8,11-16H2,1-4H3. The van der Waals surface area contributed by atoms with E-state index in [9.17, 15) is 4.79 Å². The lowest BCUT2D eigenvalue weighted by atomic mass is 9.83. The highest BCUT2D eigenvalue weighted by molar-refractivity contribution is 5.79. The van der Waals surface area contributed by atoms with E-state index in [1.165, 1.54) is 18.4 Å². The first-order valence-electron chi connectivity index (χ1n) is 10.1. The summed E-state index contributed by atoms with van der Waals surface area (Å²) in [5, 5.41) is 0. The number of hydrogen-bond donors (Lipinski definition) is 0. The summed E-state index contributed by atoms with van der Waals surface area (Å²) in [6, 6.07) is 8.65. The van der Waals surface area contributed by atoms with Gasteiger partial charge >= 0.3 is 0 Å². The number of hydrogen-bond acceptors (Lipinski definition) is 4. The maximum absolute atomic E-state index is 13.1. The number of nitrogens with zero attached hydrogens (tertiary/aromatic N) is 2. The number of ether oxygens (including phenoxy) is 2. The van der Waals surface area contributed by atoms with Crippen molar-refractivity contribution in [3.63, 3.8) is 0 Å². The van der Waals surface area contributed by atoms with Gasteiger partial charge in [0.1, 0.15) is 0 Å². The molecule has 2 atom stereocenters. The largest absolute Gasteiger partial charge is 0.353 e. The zero-order chi connectivity index (χ0) is 19.4. The van der Waals surface area contributed by atoms with Crippen molar-refractivity contribution in [2.45, 2.75) is 63.3 Å². The fourth-order valence-electron chi connectivity index (χ4n) is 4.75. The number of likely N-dealkylation sites (N-methyl/N-ethyl adjacent to an activating group) is 1. The fraction of sp³-hybridized carbons (Fsp3) is 0.682. The van der Waals surface area contributed by atoms with Gasteiger partial charge in [-0.3, -0.25) is 9.69 Å². The molecule has 1 aromatic rings. The van der Waals surface area contributed by atoms with Gasteiger partial charge in [-0.1, -0.05) is 24.3 Å². The van der Waals surface area contributed by atoms with Crippen LogP contribution in [0.15, 0.2) is 24.3 Å². The molecule has 3 rings (SSSR count).